The van der Waals surface area contributed by atoms with Crippen molar-refractivity contribution < 1.29 is 9.59 Å². The quantitative estimate of drug-likeness (QED) is 0.753. The molecular weight excluding hydrogens is 350 g/mol. The van der Waals surface area contributed by atoms with Crippen molar-refractivity contribution in [3.05, 3.63) is 29.8 Å². The van der Waals surface area contributed by atoms with E-state index in [9.17, 15) is 9.59 Å². The lowest BCUT2D eigenvalue weighted by Gasteiger charge is -2.43. The van der Waals surface area contributed by atoms with Gasteiger partial charge in [0.1, 0.15) is 0 Å². The fourth-order valence-electron chi connectivity index (χ4n) is 4.52. The van der Waals surface area contributed by atoms with E-state index >= 15 is 0 Å². The minimum absolute atomic E-state index is 0. The van der Waals surface area contributed by atoms with Crippen LogP contribution in [0, 0.1) is 17.8 Å². The zero-order chi connectivity index (χ0) is 17.4. The zero-order valence-electron chi connectivity index (χ0n) is 14.9. The fraction of sp³-hybridized carbons (Fsp3) is 0.600. The zero-order valence-corrected chi connectivity index (χ0v) is 15.8. The molecule has 6 heteroatoms. The van der Waals surface area contributed by atoms with Gasteiger partial charge in [-0.15, -0.1) is 12.4 Å². The number of rotatable bonds is 4. The lowest BCUT2D eigenvalue weighted by Crippen LogP contribution is -2.48. The third-order valence-electron chi connectivity index (χ3n) is 6.13. The molecule has 0 aliphatic heterocycles. The highest BCUT2D eigenvalue weighted by atomic mass is 35.5. The first-order valence-corrected chi connectivity index (χ1v) is 9.58. The van der Waals surface area contributed by atoms with Crippen molar-refractivity contribution in [1.29, 1.82) is 0 Å². The summed E-state index contributed by atoms with van der Waals surface area (Å²) in [5.74, 6) is 0.888. The van der Waals surface area contributed by atoms with E-state index in [0.29, 0.717) is 29.1 Å². The maximum atomic E-state index is 12.8. The Labute approximate surface area is 160 Å². The smallest absolute Gasteiger partial charge is 0.253 e. The molecule has 1 aromatic rings. The number of para-hydroxylation sites is 1. The molecular formula is C20H28ClN3O2. The van der Waals surface area contributed by atoms with Crippen molar-refractivity contribution in [2.75, 3.05) is 5.32 Å². The van der Waals surface area contributed by atoms with Gasteiger partial charge in [-0.2, -0.15) is 0 Å². The first-order chi connectivity index (χ1) is 12.1. The van der Waals surface area contributed by atoms with Crippen LogP contribution < -0.4 is 16.4 Å². The summed E-state index contributed by atoms with van der Waals surface area (Å²) in [6.07, 6.45) is 7.36. The Morgan fingerprint density at radius 2 is 1.65 bits per heavy atom. The summed E-state index contributed by atoms with van der Waals surface area (Å²) in [6, 6.07) is 7.84. The molecule has 5 nitrogen and oxygen atoms in total. The summed E-state index contributed by atoms with van der Waals surface area (Å²) in [7, 11) is 0. The Morgan fingerprint density at radius 1 is 1.00 bits per heavy atom. The maximum Gasteiger partial charge on any atom is 0.253 e. The van der Waals surface area contributed by atoms with Crippen LogP contribution in [0.5, 0.6) is 0 Å². The number of halogens is 1. The predicted octanol–water partition coefficient (Wildman–Crippen LogP) is 3.09. The average Bonchev–Trinajstić information content (AvgIpc) is 3.39. The molecule has 2 atom stereocenters. The normalized spacial score (nSPS) is 30.0. The highest BCUT2D eigenvalue weighted by Crippen LogP contribution is 2.42. The number of hydrogen-bond acceptors (Lipinski definition) is 3. The third-order valence-corrected chi connectivity index (χ3v) is 6.13. The van der Waals surface area contributed by atoms with Gasteiger partial charge in [-0.3, -0.25) is 9.59 Å². The highest BCUT2D eigenvalue weighted by Gasteiger charge is 2.40. The topological polar surface area (TPSA) is 84.2 Å². The molecule has 3 fully saturated rings. The van der Waals surface area contributed by atoms with Crippen molar-refractivity contribution in [2.45, 2.75) is 57.0 Å². The van der Waals surface area contributed by atoms with Crippen LogP contribution in [0.4, 0.5) is 5.69 Å². The standard InChI is InChI=1S/C20H27N3O2.ClH/c21-18-12-4-3-5-13(18)11-14(10-12)19(24)23-17-7-2-1-6-16(17)20(25)22-15-8-9-15;/h1-2,6-7,12-15,18H,3-5,8-11,21H2,(H,22,25)(H,23,24);1H. The molecule has 2 unspecified atom stereocenters. The first kappa shape index (κ1) is 19.2. The minimum atomic E-state index is -0.0964. The van der Waals surface area contributed by atoms with E-state index in [2.05, 4.69) is 10.6 Å². The maximum absolute atomic E-state index is 12.8. The number of anilines is 1. The summed E-state index contributed by atoms with van der Waals surface area (Å²) in [5.41, 5.74) is 7.50. The second-order valence-corrected chi connectivity index (χ2v) is 7.98. The summed E-state index contributed by atoms with van der Waals surface area (Å²) in [4.78, 5) is 25.2. The second-order valence-electron chi connectivity index (χ2n) is 7.98. The van der Waals surface area contributed by atoms with Gasteiger partial charge in [0, 0.05) is 18.0 Å². The number of hydrogen-bond donors (Lipinski definition) is 3. The van der Waals surface area contributed by atoms with Gasteiger partial charge in [-0.25, -0.2) is 0 Å². The van der Waals surface area contributed by atoms with Gasteiger partial charge >= 0.3 is 0 Å². The molecule has 4 rings (SSSR count). The van der Waals surface area contributed by atoms with Gasteiger partial charge in [-0.1, -0.05) is 18.6 Å². The highest BCUT2D eigenvalue weighted by molar-refractivity contribution is 6.04. The van der Waals surface area contributed by atoms with E-state index in [1.54, 1.807) is 6.07 Å². The van der Waals surface area contributed by atoms with E-state index in [-0.39, 0.29) is 36.2 Å². The van der Waals surface area contributed by atoms with Crippen LogP contribution in [0.25, 0.3) is 0 Å². The average molecular weight is 378 g/mol. The first-order valence-electron chi connectivity index (χ1n) is 9.58. The van der Waals surface area contributed by atoms with Crippen molar-refractivity contribution in [1.82, 2.24) is 5.32 Å². The van der Waals surface area contributed by atoms with E-state index in [1.165, 1.54) is 6.42 Å². The lowest BCUT2D eigenvalue weighted by molar-refractivity contribution is -0.122. The van der Waals surface area contributed by atoms with E-state index in [1.807, 2.05) is 18.2 Å². The fourth-order valence-corrected chi connectivity index (χ4v) is 4.52. The summed E-state index contributed by atoms with van der Waals surface area (Å²) in [6.45, 7) is 0. The molecule has 0 heterocycles. The minimum Gasteiger partial charge on any atom is -0.349 e. The van der Waals surface area contributed by atoms with Gasteiger partial charge in [0.25, 0.3) is 5.91 Å². The van der Waals surface area contributed by atoms with Crippen LogP contribution in [0.3, 0.4) is 0 Å². The number of fused-ring (bicyclic) bond motifs is 2. The number of nitrogens with two attached hydrogens (primary N) is 1. The number of carbonyl (C=O) groups excluding carboxylic acids is 2. The molecule has 0 spiro atoms. The third kappa shape index (κ3) is 4.04. The molecule has 0 saturated heterocycles. The van der Waals surface area contributed by atoms with Crippen LogP contribution in [0.15, 0.2) is 24.3 Å². The molecule has 0 radical (unpaired) electrons. The summed E-state index contributed by atoms with van der Waals surface area (Å²) < 4.78 is 0. The van der Waals surface area contributed by atoms with Gasteiger partial charge in [0.15, 0.2) is 0 Å². The van der Waals surface area contributed by atoms with Crippen LogP contribution in [0.1, 0.15) is 55.3 Å². The molecule has 142 valence electrons. The van der Waals surface area contributed by atoms with Crippen LogP contribution in [0.2, 0.25) is 0 Å². The summed E-state index contributed by atoms with van der Waals surface area (Å²) >= 11 is 0. The summed E-state index contributed by atoms with van der Waals surface area (Å²) in [5, 5.41) is 6.01. The number of benzene rings is 1. The van der Waals surface area contributed by atoms with Crippen molar-refractivity contribution >= 4 is 29.9 Å². The van der Waals surface area contributed by atoms with Crippen LogP contribution >= 0.6 is 12.4 Å². The Bertz CT molecular complexity index is 663. The lowest BCUT2D eigenvalue weighted by atomic mass is 9.65. The Hall–Kier alpha value is -1.59. The molecule has 4 N–H and O–H groups in total. The Morgan fingerprint density at radius 3 is 2.31 bits per heavy atom. The van der Waals surface area contributed by atoms with Gasteiger partial charge in [0.05, 0.1) is 11.3 Å². The van der Waals surface area contributed by atoms with Gasteiger partial charge < -0.3 is 16.4 Å². The van der Waals surface area contributed by atoms with E-state index in [4.69, 9.17) is 5.73 Å². The predicted molar refractivity (Wildman–Crippen MR) is 104 cm³/mol. The Kier molecular flexibility index (Phi) is 5.88. The van der Waals surface area contributed by atoms with E-state index < -0.39 is 0 Å². The van der Waals surface area contributed by atoms with Crippen molar-refractivity contribution in [3.8, 4) is 0 Å². The van der Waals surface area contributed by atoms with Crippen molar-refractivity contribution in [3.63, 3.8) is 0 Å². The Balaban J connectivity index is 0.00000196. The molecule has 3 saturated carbocycles. The van der Waals surface area contributed by atoms with E-state index in [0.717, 1.165) is 38.5 Å². The van der Waals surface area contributed by atoms with Crippen LogP contribution in [-0.2, 0) is 4.79 Å². The second kappa shape index (κ2) is 7.97. The number of nitrogens with one attached hydrogen (secondary N) is 2. The molecule has 3 aliphatic rings. The van der Waals surface area contributed by atoms with Crippen LogP contribution in [-0.4, -0.2) is 23.9 Å². The molecule has 26 heavy (non-hydrogen) atoms. The van der Waals surface area contributed by atoms with Gasteiger partial charge in [0.2, 0.25) is 5.91 Å². The number of amides is 2. The van der Waals surface area contributed by atoms with Gasteiger partial charge in [-0.05, 0) is 62.5 Å². The molecule has 0 aromatic heterocycles. The number of carbonyl (C=O) groups is 2. The SMILES string of the molecule is Cl.NC1C2CCCC1CC(C(=O)Nc1ccccc1C(=O)NC1CC1)C2. The largest absolute Gasteiger partial charge is 0.349 e. The monoisotopic (exact) mass is 377 g/mol. The molecule has 3 aliphatic carbocycles. The molecule has 2 bridgehead atoms. The van der Waals surface area contributed by atoms with Crippen molar-refractivity contribution in [2.24, 2.45) is 23.5 Å². The molecule has 2 amide bonds. The molecule has 1 aromatic carbocycles.